The molecule has 2 bridgehead atoms. The van der Waals surface area contributed by atoms with Crippen LogP contribution in [0.3, 0.4) is 0 Å². The summed E-state index contributed by atoms with van der Waals surface area (Å²) in [5, 5.41) is 0. The molecule has 0 aliphatic heterocycles. The number of benzene rings is 1. The van der Waals surface area contributed by atoms with Crippen molar-refractivity contribution in [3.05, 3.63) is 29.8 Å². The Balaban J connectivity index is 1.64. The summed E-state index contributed by atoms with van der Waals surface area (Å²) in [6.07, 6.45) is 5.07. The van der Waals surface area contributed by atoms with Crippen molar-refractivity contribution in [2.24, 2.45) is 17.8 Å². The van der Waals surface area contributed by atoms with Gasteiger partial charge in [0.1, 0.15) is 0 Å². The van der Waals surface area contributed by atoms with E-state index in [-0.39, 0.29) is 4.90 Å². The first kappa shape index (κ1) is 13.1. The van der Waals surface area contributed by atoms with E-state index in [1.165, 1.54) is 25.7 Å². The zero-order chi connectivity index (χ0) is 13.5. The van der Waals surface area contributed by atoms with Crippen molar-refractivity contribution >= 4 is 10.1 Å². The minimum atomic E-state index is -3.58. The summed E-state index contributed by atoms with van der Waals surface area (Å²) in [4.78, 5) is 0.266. The summed E-state index contributed by atoms with van der Waals surface area (Å²) >= 11 is 0. The van der Waals surface area contributed by atoms with Gasteiger partial charge in [-0.25, -0.2) is 0 Å². The van der Waals surface area contributed by atoms with E-state index in [0.717, 1.165) is 5.56 Å². The second-order valence-electron chi connectivity index (χ2n) is 5.90. The summed E-state index contributed by atoms with van der Waals surface area (Å²) in [6.45, 7) is 2.30. The van der Waals surface area contributed by atoms with Crippen molar-refractivity contribution in [1.82, 2.24) is 0 Å². The molecule has 2 saturated carbocycles. The molecule has 4 heteroatoms. The van der Waals surface area contributed by atoms with Crippen molar-refractivity contribution in [2.45, 2.75) is 37.5 Å². The minimum Gasteiger partial charge on any atom is -0.266 e. The summed E-state index contributed by atoms with van der Waals surface area (Å²) in [6, 6.07) is 6.83. The average molecular weight is 280 g/mol. The first-order valence-electron chi connectivity index (χ1n) is 7.02. The van der Waals surface area contributed by atoms with Gasteiger partial charge in [0.15, 0.2) is 0 Å². The summed E-state index contributed by atoms with van der Waals surface area (Å²) in [5.41, 5.74) is 1.05. The number of fused-ring (bicyclic) bond motifs is 2. The van der Waals surface area contributed by atoms with Gasteiger partial charge in [0, 0.05) is 0 Å². The van der Waals surface area contributed by atoms with Crippen LogP contribution >= 0.6 is 0 Å². The van der Waals surface area contributed by atoms with E-state index < -0.39 is 10.1 Å². The Labute approximate surface area is 115 Å². The van der Waals surface area contributed by atoms with Gasteiger partial charge in [-0.05, 0) is 43.2 Å². The molecule has 1 aromatic carbocycles. The minimum absolute atomic E-state index is 0.266. The second kappa shape index (κ2) is 4.91. The average Bonchev–Trinajstić information content (AvgIpc) is 2.40. The van der Waals surface area contributed by atoms with Crippen LogP contribution in [0.25, 0.3) is 0 Å². The van der Waals surface area contributed by atoms with Crippen LogP contribution in [0.1, 0.15) is 31.2 Å². The van der Waals surface area contributed by atoms with Gasteiger partial charge < -0.3 is 0 Å². The number of aryl methyl sites for hydroxylation is 1. The van der Waals surface area contributed by atoms with Crippen LogP contribution in [-0.2, 0) is 14.3 Å². The van der Waals surface area contributed by atoms with Gasteiger partial charge in [0.05, 0.1) is 11.5 Å². The molecule has 2 fully saturated rings. The monoisotopic (exact) mass is 280 g/mol. The molecule has 2 aliphatic carbocycles. The van der Waals surface area contributed by atoms with Crippen molar-refractivity contribution in [3.8, 4) is 0 Å². The predicted molar refractivity (Wildman–Crippen MR) is 73.3 cm³/mol. The quantitative estimate of drug-likeness (QED) is 0.796. The molecule has 0 saturated heterocycles. The highest BCUT2D eigenvalue weighted by atomic mass is 32.2. The SMILES string of the molecule is Cc1ccc(S(=O)(=O)OCC2[C@H]3CCC[C@H]2C3)cc1. The van der Waals surface area contributed by atoms with Crippen LogP contribution in [0.5, 0.6) is 0 Å². The molecule has 104 valence electrons. The van der Waals surface area contributed by atoms with E-state index in [4.69, 9.17) is 4.18 Å². The Morgan fingerprint density at radius 1 is 1.16 bits per heavy atom. The topological polar surface area (TPSA) is 43.4 Å². The fourth-order valence-electron chi connectivity index (χ4n) is 3.45. The molecule has 0 heterocycles. The van der Waals surface area contributed by atoms with Crippen molar-refractivity contribution < 1.29 is 12.6 Å². The van der Waals surface area contributed by atoms with Gasteiger partial charge in [-0.15, -0.1) is 0 Å². The third kappa shape index (κ3) is 2.56. The van der Waals surface area contributed by atoms with E-state index in [2.05, 4.69) is 0 Å². The number of rotatable bonds is 4. The molecule has 0 unspecified atom stereocenters. The lowest BCUT2D eigenvalue weighted by atomic mass is 9.57. The molecular formula is C15H20O3S. The predicted octanol–water partition coefficient (Wildman–Crippen LogP) is 3.14. The Morgan fingerprint density at radius 2 is 1.79 bits per heavy atom. The fourth-order valence-corrected chi connectivity index (χ4v) is 4.39. The van der Waals surface area contributed by atoms with Gasteiger partial charge >= 0.3 is 0 Å². The fraction of sp³-hybridized carbons (Fsp3) is 0.600. The van der Waals surface area contributed by atoms with Crippen LogP contribution in [-0.4, -0.2) is 15.0 Å². The maximum Gasteiger partial charge on any atom is 0.296 e. The third-order valence-electron chi connectivity index (χ3n) is 4.69. The molecular weight excluding hydrogens is 260 g/mol. The highest BCUT2D eigenvalue weighted by Gasteiger charge is 2.44. The molecule has 0 spiro atoms. The van der Waals surface area contributed by atoms with E-state index in [9.17, 15) is 8.42 Å². The van der Waals surface area contributed by atoms with Gasteiger partial charge in [-0.3, -0.25) is 4.18 Å². The summed E-state index contributed by atoms with van der Waals surface area (Å²) < 4.78 is 29.4. The van der Waals surface area contributed by atoms with Gasteiger partial charge in [0.25, 0.3) is 10.1 Å². The molecule has 2 atom stereocenters. The molecule has 0 N–H and O–H groups in total. The van der Waals surface area contributed by atoms with Gasteiger partial charge in [0.2, 0.25) is 0 Å². The lowest BCUT2D eigenvalue weighted by Crippen LogP contribution is -2.43. The number of hydrogen-bond acceptors (Lipinski definition) is 3. The zero-order valence-electron chi connectivity index (χ0n) is 11.2. The Hall–Kier alpha value is -0.870. The molecule has 19 heavy (non-hydrogen) atoms. The molecule has 2 aliphatic rings. The molecule has 0 radical (unpaired) electrons. The van der Waals surface area contributed by atoms with E-state index >= 15 is 0 Å². The normalized spacial score (nSPS) is 29.8. The largest absolute Gasteiger partial charge is 0.296 e. The van der Waals surface area contributed by atoms with Crippen molar-refractivity contribution in [1.29, 1.82) is 0 Å². The molecule has 1 aromatic rings. The van der Waals surface area contributed by atoms with Crippen LogP contribution in [0.4, 0.5) is 0 Å². The van der Waals surface area contributed by atoms with Gasteiger partial charge in [-0.1, -0.05) is 37.0 Å². The maximum absolute atomic E-state index is 12.1. The Bertz CT molecular complexity index is 533. The van der Waals surface area contributed by atoms with Crippen LogP contribution in [0, 0.1) is 24.7 Å². The molecule has 3 rings (SSSR count). The summed E-state index contributed by atoms with van der Waals surface area (Å²) in [5.74, 6) is 1.87. The van der Waals surface area contributed by atoms with Crippen molar-refractivity contribution in [2.75, 3.05) is 6.61 Å². The standard InChI is InChI=1S/C15H20O3S/c1-11-5-7-14(8-6-11)19(16,17)18-10-15-12-3-2-4-13(15)9-12/h5-8,12-13,15H,2-4,9-10H2,1H3/t12-,13-/m0/s1. The first-order valence-corrected chi connectivity index (χ1v) is 8.43. The first-order chi connectivity index (χ1) is 9.06. The molecule has 0 aromatic heterocycles. The van der Waals surface area contributed by atoms with E-state index in [0.29, 0.717) is 24.4 Å². The zero-order valence-corrected chi connectivity index (χ0v) is 12.0. The third-order valence-corrected chi connectivity index (χ3v) is 5.99. The van der Waals surface area contributed by atoms with Crippen LogP contribution in [0.15, 0.2) is 29.2 Å². The highest BCUT2D eigenvalue weighted by Crippen LogP contribution is 2.50. The van der Waals surface area contributed by atoms with Crippen molar-refractivity contribution in [3.63, 3.8) is 0 Å². The van der Waals surface area contributed by atoms with Crippen LogP contribution in [0.2, 0.25) is 0 Å². The Morgan fingerprint density at radius 3 is 2.37 bits per heavy atom. The van der Waals surface area contributed by atoms with Gasteiger partial charge in [-0.2, -0.15) is 8.42 Å². The maximum atomic E-state index is 12.1. The van der Waals surface area contributed by atoms with E-state index in [1.54, 1.807) is 24.3 Å². The Kier molecular flexibility index (Phi) is 3.39. The smallest absolute Gasteiger partial charge is 0.266 e. The lowest BCUT2D eigenvalue weighted by molar-refractivity contribution is -0.0152. The highest BCUT2D eigenvalue weighted by molar-refractivity contribution is 7.86. The molecule has 3 nitrogen and oxygen atoms in total. The number of hydrogen-bond donors (Lipinski definition) is 0. The summed E-state index contributed by atoms with van der Waals surface area (Å²) in [7, 11) is -3.58. The van der Waals surface area contributed by atoms with E-state index in [1.807, 2.05) is 6.92 Å². The second-order valence-corrected chi connectivity index (χ2v) is 7.52. The molecule has 0 amide bonds. The lowest BCUT2D eigenvalue weighted by Gasteiger charge is -2.49. The van der Waals surface area contributed by atoms with Crippen LogP contribution < -0.4 is 0 Å².